The Kier molecular flexibility index (Phi) is 14.6. The Morgan fingerprint density at radius 3 is 1.87 bits per heavy atom. The van der Waals surface area contributed by atoms with Gasteiger partial charge in [-0.3, -0.25) is 19.3 Å². The summed E-state index contributed by atoms with van der Waals surface area (Å²) in [6, 6.07) is 4.80. The van der Waals surface area contributed by atoms with Gasteiger partial charge < -0.3 is 47.9 Å². The van der Waals surface area contributed by atoms with Crippen molar-refractivity contribution < 1.29 is 72.1 Å². The molecule has 0 aliphatic carbocycles. The van der Waals surface area contributed by atoms with Crippen molar-refractivity contribution in [3.05, 3.63) is 42.1 Å². The molecule has 17 heteroatoms. The van der Waals surface area contributed by atoms with Crippen molar-refractivity contribution >= 4 is 46.6 Å². The summed E-state index contributed by atoms with van der Waals surface area (Å²) in [5.41, 5.74) is 0.612. The van der Waals surface area contributed by atoms with Gasteiger partial charge in [0.25, 0.3) is 11.8 Å². The highest BCUT2D eigenvalue weighted by Gasteiger charge is 2.23. The number of carbonyl (C=O) groups is 6. The van der Waals surface area contributed by atoms with Gasteiger partial charge in [-0.2, -0.15) is 0 Å². The van der Waals surface area contributed by atoms with Crippen LogP contribution >= 0.6 is 0 Å². The zero-order chi connectivity index (χ0) is 33.3. The SMILES string of the molecule is O=C(O)COCCOCCOC(=O)Cn1cc(C(=O)OCCOCCOCC(=O)O)c2cc(OCCN3C(=O)C=CC3=O)ccc21. The number of fused-ring (bicyclic) bond motifs is 1. The second kappa shape index (κ2) is 18.8. The number of rotatable bonds is 23. The first-order valence-corrected chi connectivity index (χ1v) is 14.0. The fraction of sp³-hybridized carbons (Fsp3) is 0.448. The molecule has 0 spiro atoms. The summed E-state index contributed by atoms with van der Waals surface area (Å²) in [6.07, 6.45) is 3.78. The van der Waals surface area contributed by atoms with Gasteiger partial charge in [0.15, 0.2) is 0 Å². The number of carboxylic acids is 2. The van der Waals surface area contributed by atoms with Crippen molar-refractivity contribution in [1.29, 1.82) is 0 Å². The monoisotopic (exact) mass is 650 g/mol. The lowest BCUT2D eigenvalue weighted by Crippen LogP contribution is -2.33. The molecule has 250 valence electrons. The molecule has 2 amide bonds. The molecule has 0 bridgehead atoms. The van der Waals surface area contributed by atoms with Gasteiger partial charge in [-0.25, -0.2) is 14.4 Å². The highest BCUT2D eigenvalue weighted by molar-refractivity contribution is 6.12. The first kappa shape index (κ1) is 35.6. The van der Waals surface area contributed by atoms with E-state index in [0.717, 1.165) is 4.90 Å². The maximum atomic E-state index is 13.0. The van der Waals surface area contributed by atoms with E-state index in [2.05, 4.69) is 0 Å². The van der Waals surface area contributed by atoms with Gasteiger partial charge in [0.1, 0.15) is 45.3 Å². The van der Waals surface area contributed by atoms with Gasteiger partial charge >= 0.3 is 23.9 Å². The van der Waals surface area contributed by atoms with E-state index in [1.54, 1.807) is 18.2 Å². The largest absolute Gasteiger partial charge is 0.492 e. The molecule has 0 unspecified atom stereocenters. The van der Waals surface area contributed by atoms with Gasteiger partial charge in [-0.05, 0) is 18.2 Å². The summed E-state index contributed by atoms with van der Waals surface area (Å²) < 4.78 is 38.0. The quantitative estimate of drug-likeness (QED) is 0.0911. The van der Waals surface area contributed by atoms with E-state index >= 15 is 0 Å². The summed E-state index contributed by atoms with van der Waals surface area (Å²) >= 11 is 0. The highest BCUT2D eigenvalue weighted by atomic mass is 16.6. The number of esters is 2. The molecular formula is C29H34N2O15. The normalized spacial score (nSPS) is 12.6. The molecule has 2 N–H and O–H groups in total. The molecule has 1 aliphatic heterocycles. The molecule has 1 aliphatic rings. The lowest BCUT2D eigenvalue weighted by Gasteiger charge is -2.14. The molecule has 2 heterocycles. The van der Waals surface area contributed by atoms with Crippen LogP contribution in [0.3, 0.4) is 0 Å². The number of benzene rings is 1. The fourth-order valence-electron chi connectivity index (χ4n) is 3.99. The van der Waals surface area contributed by atoms with Crippen molar-refractivity contribution in [1.82, 2.24) is 9.47 Å². The Hall–Kier alpha value is -4.84. The molecule has 2 aromatic rings. The zero-order valence-corrected chi connectivity index (χ0v) is 24.8. The Bertz CT molecular complexity index is 1400. The topological polar surface area (TPSA) is 216 Å². The van der Waals surface area contributed by atoms with E-state index in [0.29, 0.717) is 16.7 Å². The molecule has 3 rings (SSSR count). The number of carboxylic acid groups (broad SMARTS) is 2. The van der Waals surface area contributed by atoms with E-state index < -0.39 is 48.9 Å². The first-order chi connectivity index (χ1) is 22.2. The fourth-order valence-corrected chi connectivity index (χ4v) is 3.99. The summed E-state index contributed by atoms with van der Waals surface area (Å²) in [6.45, 7) is -0.884. The van der Waals surface area contributed by atoms with Gasteiger partial charge in [-0.15, -0.1) is 0 Å². The minimum atomic E-state index is -1.10. The number of aromatic nitrogens is 1. The van der Waals surface area contributed by atoms with Crippen LogP contribution in [0.25, 0.3) is 10.9 Å². The second-order valence-electron chi connectivity index (χ2n) is 9.33. The maximum absolute atomic E-state index is 13.0. The number of carbonyl (C=O) groups excluding carboxylic acids is 4. The predicted molar refractivity (Wildman–Crippen MR) is 153 cm³/mol. The number of hydrogen-bond donors (Lipinski definition) is 2. The van der Waals surface area contributed by atoms with Gasteiger partial charge in [0.05, 0.1) is 51.7 Å². The number of ether oxygens (including phenoxy) is 7. The van der Waals surface area contributed by atoms with Crippen molar-refractivity contribution in [2.75, 3.05) is 79.2 Å². The van der Waals surface area contributed by atoms with Gasteiger partial charge in [0.2, 0.25) is 0 Å². The lowest BCUT2D eigenvalue weighted by molar-refractivity contribution is -0.147. The zero-order valence-electron chi connectivity index (χ0n) is 24.8. The minimum Gasteiger partial charge on any atom is -0.492 e. The highest BCUT2D eigenvalue weighted by Crippen LogP contribution is 2.27. The Labute approximate surface area is 262 Å². The molecule has 46 heavy (non-hydrogen) atoms. The van der Waals surface area contributed by atoms with Crippen LogP contribution in [-0.2, 0) is 58.9 Å². The standard InChI is InChI=1S/C29H34N2O15/c32-24-3-4-25(33)31(24)5-6-44-20-1-2-23-21(15-20)22(29(39)46-14-12-41-8-10-43-19-27(36)37)16-30(23)17-28(38)45-13-11-40-7-9-42-18-26(34)35/h1-4,15-16H,5-14,17-19H2,(H,34,35)(H,36,37). The lowest BCUT2D eigenvalue weighted by atomic mass is 10.1. The van der Waals surface area contributed by atoms with E-state index in [-0.39, 0.29) is 78.1 Å². The summed E-state index contributed by atoms with van der Waals surface area (Å²) in [4.78, 5) is 71.0. The van der Waals surface area contributed by atoms with Crippen molar-refractivity contribution in [2.24, 2.45) is 0 Å². The summed E-state index contributed by atoms with van der Waals surface area (Å²) in [5.74, 6) is -4.06. The van der Waals surface area contributed by atoms with E-state index in [4.69, 9.17) is 43.4 Å². The average molecular weight is 651 g/mol. The molecule has 1 aromatic heterocycles. The minimum absolute atomic E-state index is 0.00124. The Morgan fingerprint density at radius 1 is 0.696 bits per heavy atom. The van der Waals surface area contributed by atoms with Crippen molar-refractivity contribution in [3.8, 4) is 5.75 Å². The predicted octanol–water partition coefficient (Wildman–Crippen LogP) is -0.119. The van der Waals surface area contributed by atoms with Crippen molar-refractivity contribution in [2.45, 2.75) is 6.54 Å². The van der Waals surface area contributed by atoms with Crippen LogP contribution in [0.2, 0.25) is 0 Å². The Balaban J connectivity index is 1.58. The second-order valence-corrected chi connectivity index (χ2v) is 9.33. The van der Waals surface area contributed by atoms with E-state index in [9.17, 15) is 28.8 Å². The van der Waals surface area contributed by atoms with Crippen LogP contribution in [0.4, 0.5) is 0 Å². The molecule has 17 nitrogen and oxygen atoms in total. The summed E-state index contributed by atoms with van der Waals surface area (Å²) in [7, 11) is 0. The van der Waals surface area contributed by atoms with Crippen LogP contribution in [0.5, 0.6) is 5.75 Å². The number of imide groups is 1. The number of nitrogens with zero attached hydrogens (tertiary/aromatic N) is 2. The number of amides is 2. The van der Waals surface area contributed by atoms with Crippen LogP contribution in [-0.4, -0.2) is 135 Å². The summed E-state index contributed by atoms with van der Waals surface area (Å²) in [5, 5.41) is 17.5. The number of aliphatic carboxylic acids is 2. The van der Waals surface area contributed by atoms with Gasteiger partial charge in [-0.1, -0.05) is 0 Å². The molecule has 1 aromatic carbocycles. The maximum Gasteiger partial charge on any atom is 0.340 e. The Morgan fingerprint density at radius 2 is 1.26 bits per heavy atom. The molecule has 0 radical (unpaired) electrons. The third kappa shape index (κ3) is 11.9. The smallest absolute Gasteiger partial charge is 0.340 e. The van der Waals surface area contributed by atoms with Crippen LogP contribution in [0, 0.1) is 0 Å². The average Bonchev–Trinajstić information content (AvgIpc) is 3.53. The molecule has 0 atom stereocenters. The van der Waals surface area contributed by atoms with E-state index in [1.807, 2.05) is 0 Å². The molecule has 0 saturated carbocycles. The number of hydrogen-bond acceptors (Lipinski definition) is 13. The van der Waals surface area contributed by atoms with Crippen molar-refractivity contribution in [3.63, 3.8) is 0 Å². The van der Waals surface area contributed by atoms with Crippen LogP contribution in [0.1, 0.15) is 10.4 Å². The van der Waals surface area contributed by atoms with E-state index in [1.165, 1.54) is 22.9 Å². The third-order valence-electron chi connectivity index (χ3n) is 6.00. The van der Waals surface area contributed by atoms with Crippen LogP contribution < -0.4 is 4.74 Å². The van der Waals surface area contributed by atoms with Gasteiger partial charge in [0, 0.05) is 29.3 Å². The van der Waals surface area contributed by atoms with Crippen LogP contribution in [0.15, 0.2) is 36.5 Å². The first-order valence-electron chi connectivity index (χ1n) is 14.0. The third-order valence-corrected chi connectivity index (χ3v) is 6.00. The molecular weight excluding hydrogens is 616 g/mol. The molecule has 0 saturated heterocycles. The molecule has 0 fully saturated rings.